The summed E-state index contributed by atoms with van der Waals surface area (Å²) in [5.41, 5.74) is 6.93. The molecule has 2 heterocycles. The van der Waals surface area contributed by atoms with E-state index in [2.05, 4.69) is 24.0 Å². The number of hydrogen-bond acceptors (Lipinski definition) is 2. The van der Waals surface area contributed by atoms with Crippen LogP contribution in [-0.4, -0.2) is 14.8 Å². The van der Waals surface area contributed by atoms with E-state index >= 15 is 0 Å². The molecule has 29 heavy (non-hydrogen) atoms. The fourth-order valence-electron chi connectivity index (χ4n) is 3.62. The van der Waals surface area contributed by atoms with E-state index in [-0.39, 0.29) is 0 Å². The number of hydrogen-bond donors (Lipinski definition) is 0. The summed E-state index contributed by atoms with van der Waals surface area (Å²) in [5, 5.41) is 8.45. The summed E-state index contributed by atoms with van der Waals surface area (Å²) in [6.45, 7) is 4.08. The highest BCUT2D eigenvalue weighted by Gasteiger charge is 2.17. The van der Waals surface area contributed by atoms with Crippen LogP contribution >= 0.6 is 23.2 Å². The van der Waals surface area contributed by atoms with Crippen molar-refractivity contribution in [2.45, 2.75) is 13.8 Å². The molecule has 0 radical (unpaired) electrons. The largest absolute Gasteiger partial charge is 0.255 e. The predicted octanol–water partition coefficient (Wildman–Crippen LogP) is 7.16. The fraction of sp³-hybridized carbons (Fsp3) is 0.0833. The van der Waals surface area contributed by atoms with Crippen LogP contribution in [0.2, 0.25) is 10.0 Å². The van der Waals surface area contributed by atoms with Gasteiger partial charge in [-0.05, 0) is 55.8 Å². The quantitative estimate of drug-likeness (QED) is 0.304. The maximum Gasteiger partial charge on any atom is 0.102 e. The van der Waals surface area contributed by atoms with Gasteiger partial charge in [0.05, 0.1) is 16.7 Å². The van der Waals surface area contributed by atoms with Gasteiger partial charge in [0, 0.05) is 32.6 Å². The molecule has 2 aromatic heterocycles. The number of pyridine rings is 1. The highest BCUT2D eigenvalue weighted by atomic mass is 35.5. The molecule has 0 unspecified atom stereocenters. The molecule has 0 atom stereocenters. The van der Waals surface area contributed by atoms with E-state index in [9.17, 15) is 0 Å². The molecule has 5 rings (SSSR count). The minimum atomic E-state index is 0.696. The molecule has 0 N–H and O–H groups in total. The van der Waals surface area contributed by atoms with E-state index in [0.717, 1.165) is 44.3 Å². The zero-order valence-corrected chi connectivity index (χ0v) is 17.5. The topological polar surface area (TPSA) is 30.7 Å². The van der Waals surface area contributed by atoms with Crippen molar-refractivity contribution in [1.82, 2.24) is 14.8 Å². The van der Waals surface area contributed by atoms with Gasteiger partial charge in [0.15, 0.2) is 0 Å². The maximum absolute atomic E-state index is 6.43. The average molecular weight is 418 g/mol. The van der Waals surface area contributed by atoms with Crippen molar-refractivity contribution >= 4 is 45.0 Å². The first-order chi connectivity index (χ1) is 14.0. The molecule has 0 spiro atoms. The van der Waals surface area contributed by atoms with Crippen LogP contribution in [0.5, 0.6) is 0 Å². The van der Waals surface area contributed by atoms with Crippen LogP contribution in [0.4, 0.5) is 0 Å². The highest BCUT2D eigenvalue weighted by Crippen LogP contribution is 2.35. The standard InChI is InChI=1S/C24H17Cl2N3/c1-14-3-10-22-19(11-14)24-20(13-27-22)23(16-5-7-17(25)8-6-16)28-29(24)18-9-4-15(2)21(26)12-18/h3-13H,1-2H3. The molecule has 0 bridgehead atoms. The fourth-order valence-corrected chi connectivity index (χ4v) is 3.92. The molecule has 0 aliphatic heterocycles. The smallest absolute Gasteiger partial charge is 0.102 e. The van der Waals surface area contributed by atoms with Crippen LogP contribution in [0, 0.1) is 13.8 Å². The Kier molecular flexibility index (Phi) is 4.30. The number of aromatic nitrogens is 3. The molecule has 0 saturated carbocycles. The van der Waals surface area contributed by atoms with Crippen LogP contribution in [-0.2, 0) is 0 Å². The summed E-state index contributed by atoms with van der Waals surface area (Å²) < 4.78 is 1.97. The summed E-state index contributed by atoms with van der Waals surface area (Å²) >= 11 is 12.5. The predicted molar refractivity (Wildman–Crippen MR) is 121 cm³/mol. The molecule has 5 aromatic rings. The van der Waals surface area contributed by atoms with Crippen molar-refractivity contribution in [2.75, 3.05) is 0 Å². The second-order valence-electron chi connectivity index (χ2n) is 7.24. The lowest BCUT2D eigenvalue weighted by atomic mass is 10.1. The molecule has 5 heteroatoms. The minimum Gasteiger partial charge on any atom is -0.255 e. The Morgan fingerprint density at radius 3 is 2.38 bits per heavy atom. The monoisotopic (exact) mass is 417 g/mol. The third-order valence-electron chi connectivity index (χ3n) is 5.18. The van der Waals surface area contributed by atoms with Crippen LogP contribution in [0.3, 0.4) is 0 Å². The average Bonchev–Trinajstić information content (AvgIpc) is 3.11. The number of halogens is 2. The number of benzene rings is 3. The third-order valence-corrected chi connectivity index (χ3v) is 5.84. The molecule has 0 amide bonds. The summed E-state index contributed by atoms with van der Waals surface area (Å²) in [5.74, 6) is 0. The molecule has 0 aliphatic rings. The van der Waals surface area contributed by atoms with Gasteiger partial charge in [-0.1, -0.05) is 53.0 Å². The van der Waals surface area contributed by atoms with E-state index in [0.29, 0.717) is 10.0 Å². The number of nitrogens with zero attached hydrogens (tertiary/aromatic N) is 3. The summed E-state index contributed by atoms with van der Waals surface area (Å²) in [4.78, 5) is 4.69. The Morgan fingerprint density at radius 1 is 0.828 bits per heavy atom. The van der Waals surface area contributed by atoms with Gasteiger partial charge < -0.3 is 0 Å². The summed E-state index contributed by atoms with van der Waals surface area (Å²) in [6.07, 6.45) is 1.90. The van der Waals surface area contributed by atoms with E-state index in [4.69, 9.17) is 28.3 Å². The molecule has 0 saturated heterocycles. The van der Waals surface area contributed by atoms with E-state index in [1.807, 2.05) is 66.3 Å². The van der Waals surface area contributed by atoms with Crippen molar-refractivity contribution in [3.05, 3.63) is 88.0 Å². The Bertz CT molecular complexity index is 1390. The number of fused-ring (bicyclic) bond motifs is 3. The first kappa shape index (κ1) is 18.2. The SMILES string of the molecule is Cc1ccc2ncc3c(-c4ccc(Cl)cc4)nn(-c4ccc(C)c(Cl)c4)c3c2c1. The number of aryl methyl sites for hydroxylation is 2. The first-order valence-electron chi connectivity index (χ1n) is 9.32. The highest BCUT2D eigenvalue weighted by molar-refractivity contribution is 6.31. The van der Waals surface area contributed by atoms with Crippen molar-refractivity contribution in [3.63, 3.8) is 0 Å². The molecule has 3 aromatic carbocycles. The second-order valence-corrected chi connectivity index (χ2v) is 8.09. The third kappa shape index (κ3) is 3.07. The van der Waals surface area contributed by atoms with Gasteiger partial charge >= 0.3 is 0 Å². The molecule has 3 nitrogen and oxygen atoms in total. The van der Waals surface area contributed by atoms with Gasteiger partial charge in [0.2, 0.25) is 0 Å². The lowest BCUT2D eigenvalue weighted by molar-refractivity contribution is 0.917. The molecular formula is C24H17Cl2N3. The van der Waals surface area contributed by atoms with Crippen molar-refractivity contribution in [2.24, 2.45) is 0 Å². The van der Waals surface area contributed by atoms with Gasteiger partial charge in [0.1, 0.15) is 5.69 Å². The summed E-state index contributed by atoms with van der Waals surface area (Å²) in [6, 6.07) is 20.0. The minimum absolute atomic E-state index is 0.696. The van der Waals surface area contributed by atoms with Gasteiger partial charge in [0.25, 0.3) is 0 Å². The zero-order chi connectivity index (χ0) is 20.1. The normalized spacial score (nSPS) is 11.4. The Hall–Kier alpha value is -2.88. The first-order valence-corrected chi connectivity index (χ1v) is 10.1. The number of rotatable bonds is 2. The van der Waals surface area contributed by atoms with Gasteiger partial charge in [-0.3, -0.25) is 4.98 Å². The van der Waals surface area contributed by atoms with Gasteiger partial charge in [-0.2, -0.15) is 5.10 Å². The lowest BCUT2D eigenvalue weighted by Crippen LogP contribution is -1.98. The van der Waals surface area contributed by atoms with Crippen molar-refractivity contribution in [1.29, 1.82) is 0 Å². The second kappa shape index (κ2) is 6.87. The van der Waals surface area contributed by atoms with Crippen LogP contribution < -0.4 is 0 Å². The van der Waals surface area contributed by atoms with Crippen molar-refractivity contribution < 1.29 is 0 Å². The summed E-state index contributed by atoms with van der Waals surface area (Å²) in [7, 11) is 0. The van der Waals surface area contributed by atoms with E-state index < -0.39 is 0 Å². The van der Waals surface area contributed by atoms with Crippen molar-refractivity contribution in [3.8, 4) is 16.9 Å². The molecular weight excluding hydrogens is 401 g/mol. The molecule has 142 valence electrons. The lowest BCUT2D eigenvalue weighted by Gasteiger charge is -2.08. The van der Waals surface area contributed by atoms with Crippen LogP contribution in [0.25, 0.3) is 38.8 Å². The van der Waals surface area contributed by atoms with Crippen LogP contribution in [0.1, 0.15) is 11.1 Å². The van der Waals surface area contributed by atoms with E-state index in [1.54, 1.807) is 0 Å². The van der Waals surface area contributed by atoms with Crippen LogP contribution in [0.15, 0.2) is 66.9 Å². The van der Waals surface area contributed by atoms with Gasteiger partial charge in [-0.15, -0.1) is 0 Å². The zero-order valence-electron chi connectivity index (χ0n) is 15.9. The molecule has 0 aliphatic carbocycles. The molecule has 0 fully saturated rings. The maximum atomic E-state index is 6.43. The van der Waals surface area contributed by atoms with E-state index in [1.165, 1.54) is 5.56 Å². The Balaban J connectivity index is 1.90. The Morgan fingerprint density at radius 2 is 1.62 bits per heavy atom. The Labute approximate surface area is 178 Å². The van der Waals surface area contributed by atoms with Gasteiger partial charge in [-0.25, -0.2) is 4.68 Å².